The molecule has 1 amide bonds. The van der Waals surface area contributed by atoms with Crippen molar-refractivity contribution in [1.82, 2.24) is 14.5 Å². The van der Waals surface area contributed by atoms with E-state index in [9.17, 15) is 4.79 Å². The van der Waals surface area contributed by atoms with E-state index in [1.807, 2.05) is 35.2 Å². The summed E-state index contributed by atoms with van der Waals surface area (Å²) in [5, 5.41) is 0. The Bertz CT molecular complexity index is 974. The number of likely N-dealkylation sites (tertiary alicyclic amines) is 1. The number of amides is 1. The van der Waals surface area contributed by atoms with Crippen molar-refractivity contribution in [2.45, 2.75) is 45.1 Å². The first-order valence-electron chi connectivity index (χ1n) is 10.1. The molecule has 1 aliphatic heterocycles. The third-order valence-corrected chi connectivity index (χ3v) is 5.61. The number of hydrogen-bond donors (Lipinski definition) is 1. The van der Waals surface area contributed by atoms with Crippen molar-refractivity contribution in [3.63, 3.8) is 0 Å². The minimum Gasteiger partial charge on any atom is -0.399 e. The highest BCUT2D eigenvalue weighted by Crippen LogP contribution is 2.31. The van der Waals surface area contributed by atoms with Crippen LogP contribution in [0.25, 0.3) is 11.0 Å². The van der Waals surface area contributed by atoms with Gasteiger partial charge in [0.2, 0.25) is 5.91 Å². The number of nitrogens with two attached hydrogens (primary N) is 1. The smallest absolute Gasteiger partial charge is 0.227 e. The predicted octanol–water partition coefficient (Wildman–Crippen LogP) is 4.15. The molecule has 0 aliphatic carbocycles. The number of anilines is 1. The highest BCUT2D eigenvalue weighted by molar-refractivity contribution is 5.79. The third kappa shape index (κ3) is 3.61. The molecule has 2 heterocycles. The van der Waals surface area contributed by atoms with E-state index in [1.165, 1.54) is 5.52 Å². The minimum absolute atomic E-state index is 0.182. The Morgan fingerprint density at radius 1 is 1.18 bits per heavy atom. The van der Waals surface area contributed by atoms with Gasteiger partial charge in [-0.2, -0.15) is 0 Å². The second-order valence-corrected chi connectivity index (χ2v) is 8.02. The Balaban J connectivity index is 1.55. The standard InChI is InChI=1S/C23H28N4O/c1-16(2)27-21-8-4-3-7-20(21)25-23(27)18-6-5-13-26(15-18)22(28)14-17-9-11-19(24)12-10-17/h3-4,7-12,16,18H,5-6,13-15,24H2,1-2H3. The maximum atomic E-state index is 12.9. The zero-order valence-electron chi connectivity index (χ0n) is 16.6. The number of nitrogens with zero attached hydrogens (tertiary/aromatic N) is 3. The third-order valence-electron chi connectivity index (χ3n) is 5.61. The highest BCUT2D eigenvalue weighted by atomic mass is 16.2. The molecule has 0 radical (unpaired) electrons. The van der Waals surface area contributed by atoms with Gasteiger partial charge in [-0.3, -0.25) is 4.79 Å². The molecular weight excluding hydrogens is 348 g/mol. The molecule has 1 aliphatic rings. The Morgan fingerprint density at radius 2 is 1.93 bits per heavy atom. The Morgan fingerprint density at radius 3 is 2.68 bits per heavy atom. The van der Waals surface area contributed by atoms with Crippen LogP contribution in [-0.4, -0.2) is 33.4 Å². The van der Waals surface area contributed by atoms with Gasteiger partial charge in [0.05, 0.1) is 17.5 Å². The normalized spacial score (nSPS) is 17.4. The lowest BCUT2D eigenvalue weighted by molar-refractivity contribution is -0.131. The molecule has 5 nitrogen and oxygen atoms in total. The first-order chi connectivity index (χ1) is 13.5. The van der Waals surface area contributed by atoms with E-state index in [4.69, 9.17) is 10.7 Å². The van der Waals surface area contributed by atoms with Crippen molar-refractivity contribution < 1.29 is 4.79 Å². The van der Waals surface area contributed by atoms with Crippen LogP contribution < -0.4 is 5.73 Å². The number of benzene rings is 2. The average molecular weight is 377 g/mol. The van der Waals surface area contributed by atoms with E-state index in [1.54, 1.807) is 0 Å². The summed E-state index contributed by atoms with van der Waals surface area (Å²) in [5.41, 5.74) is 9.70. The number of para-hydroxylation sites is 2. The van der Waals surface area contributed by atoms with E-state index >= 15 is 0 Å². The number of nitrogen functional groups attached to an aromatic ring is 1. The van der Waals surface area contributed by atoms with Crippen LogP contribution in [-0.2, 0) is 11.2 Å². The number of hydrogen-bond acceptors (Lipinski definition) is 3. The summed E-state index contributed by atoms with van der Waals surface area (Å²) in [5.74, 6) is 1.57. The lowest BCUT2D eigenvalue weighted by atomic mass is 9.96. The molecule has 5 heteroatoms. The summed E-state index contributed by atoms with van der Waals surface area (Å²) in [7, 11) is 0. The van der Waals surface area contributed by atoms with E-state index in [0.717, 1.165) is 48.5 Å². The van der Waals surface area contributed by atoms with Crippen LogP contribution in [0.4, 0.5) is 5.69 Å². The van der Waals surface area contributed by atoms with Crippen LogP contribution in [0.3, 0.4) is 0 Å². The van der Waals surface area contributed by atoms with Crippen molar-refractivity contribution in [3.05, 3.63) is 59.9 Å². The maximum absolute atomic E-state index is 12.9. The SMILES string of the molecule is CC(C)n1c(C2CCCN(C(=O)Cc3ccc(N)cc3)C2)nc2ccccc21. The average Bonchev–Trinajstić information content (AvgIpc) is 3.10. The molecule has 146 valence electrons. The Kier molecular flexibility index (Phi) is 5.07. The largest absolute Gasteiger partial charge is 0.399 e. The van der Waals surface area contributed by atoms with Crippen LogP contribution in [0, 0.1) is 0 Å². The predicted molar refractivity (Wildman–Crippen MR) is 113 cm³/mol. The van der Waals surface area contributed by atoms with Gasteiger partial charge in [0, 0.05) is 30.7 Å². The van der Waals surface area contributed by atoms with Crippen LogP contribution in [0.5, 0.6) is 0 Å². The van der Waals surface area contributed by atoms with Gasteiger partial charge in [-0.1, -0.05) is 24.3 Å². The summed E-state index contributed by atoms with van der Waals surface area (Å²) < 4.78 is 2.34. The van der Waals surface area contributed by atoms with Crippen molar-refractivity contribution in [1.29, 1.82) is 0 Å². The Hall–Kier alpha value is -2.82. The zero-order valence-corrected chi connectivity index (χ0v) is 16.6. The number of carbonyl (C=O) groups is 1. The first-order valence-corrected chi connectivity index (χ1v) is 10.1. The van der Waals surface area contributed by atoms with Gasteiger partial charge < -0.3 is 15.2 Å². The van der Waals surface area contributed by atoms with Crippen LogP contribution in [0.15, 0.2) is 48.5 Å². The van der Waals surface area contributed by atoms with Gasteiger partial charge in [0.1, 0.15) is 5.82 Å². The molecule has 0 spiro atoms. The lowest BCUT2D eigenvalue weighted by Crippen LogP contribution is -2.40. The molecule has 4 rings (SSSR count). The summed E-state index contributed by atoms with van der Waals surface area (Å²) in [4.78, 5) is 19.9. The molecule has 28 heavy (non-hydrogen) atoms. The molecule has 2 N–H and O–H groups in total. The number of aromatic nitrogens is 2. The molecule has 0 saturated carbocycles. The summed E-state index contributed by atoms with van der Waals surface area (Å²) >= 11 is 0. The molecule has 1 fully saturated rings. The fourth-order valence-electron chi connectivity index (χ4n) is 4.23. The minimum atomic E-state index is 0.182. The molecule has 1 saturated heterocycles. The Labute approximate surface area is 166 Å². The molecular formula is C23H28N4O. The van der Waals surface area contributed by atoms with E-state index in [-0.39, 0.29) is 11.8 Å². The van der Waals surface area contributed by atoms with E-state index in [0.29, 0.717) is 12.5 Å². The van der Waals surface area contributed by atoms with Crippen molar-refractivity contribution in [3.8, 4) is 0 Å². The fourth-order valence-corrected chi connectivity index (χ4v) is 4.23. The molecule has 0 bridgehead atoms. The van der Waals surface area contributed by atoms with Crippen LogP contribution in [0.2, 0.25) is 0 Å². The summed E-state index contributed by atoms with van der Waals surface area (Å²) in [6, 6.07) is 16.2. The van der Waals surface area contributed by atoms with E-state index in [2.05, 4.69) is 36.6 Å². The van der Waals surface area contributed by atoms with Crippen molar-refractivity contribution in [2.24, 2.45) is 0 Å². The van der Waals surface area contributed by atoms with Crippen molar-refractivity contribution in [2.75, 3.05) is 18.8 Å². The first kappa shape index (κ1) is 18.5. The van der Waals surface area contributed by atoms with Gasteiger partial charge in [-0.15, -0.1) is 0 Å². The topological polar surface area (TPSA) is 64.2 Å². The second kappa shape index (κ2) is 7.66. The monoisotopic (exact) mass is 376 g/mol. The van der Waals surface area contributed by atoms with Gasteiger partial charge in [0.25, 0.3) is 0 Å². The number of rotatable bonds is 4. The molecule has 3 aromatic rings. The van der Waals surface area contributed by atoms with Crippen LogP contribution >= 0.6 is 0 Å². The lowest BCUT2D eigenvalue weighted by Gasteiger charge is -2.33. The highest BCUT2D eigenvalue weighted by Gasteiger charge is 2.29. The number of carbonyl (C=O) groups excluding carboxylic acids is 1. The van der Waals surface area contributed by atoms with Gasteiger partial charge in [-0.05, 0) is 56.5 Å². The zero-order chi connectivity index (χ0) is 19.7. The fraction of sp³-hybridized carbons (Fsp3) is 0.391. The molecule has 1 unspecified atom stereocenters. The molecule has 1 atom stereocenters. The number of fused-ring (bicyclic) bond motifs is 1. The quantitative estimate of drug-likeness (QED) is 0.696. The van der Waals surface area contributed by atoms with Crippen LogP contribution in [0.1, 0.15) is 50.0 Å². The van der Waals surface area contributed by atoms with Gasteiger partial charge in [0.15, 0.2) is 0 Å². The number of imidazole rings is 1. The second-order valence-electron chi connectivity index (χ2n) is 8.02. The summed E-state index contributed by atoms with van der Waals surface area (Å²) in [6.45, 7) is 5.96. The maximum Gasteiger partial charge on any atom is 0.227 e. The van der Waals surface area contributed by atoms with E-state index < -0.39 is 0 Å². The van der Waals surface area contributed by atoms with Crippen molar-refractivity contribution >= 4 is 22.6 Å². The molecule has 1 aromatic heterocycles. The molecule has 2 aromatic carbocycles. The van der Waals surface area contributed by atoms with Gasteiger partial charge in [-0.25, -0.2) is 4.98 Å². The van der Waals surface area contributed by atoms with Gasteiger partial charge >= 0.3 is 0 Å². The summed E-state index contributed by atoms with van der Waals surface area (Å²) in [6.07, 6.45) is 2.51. The number of piperidine rings is 1.